The monoisotopic (exact) mass is 266 g/mol. The molecule has 0 saturated heterocycles. The lowest BCUT2D eigenvalue weighted by molar-refractivity contribution is 0.972. The van der Waals surface area contributed by atoms with Gasteiger partial charge < -0.3 is 10.6 Å². The summed E-state index contributed by atoms with van der Waals surface area (Å²) in [6.45, 7) is 2.00. The number of rotatable bonds is 3. The van der Waals surface area contributed by atoms with Crippen molar-refractivity contribution in [2.45, 2.75) is 16.2 Å². The molecule has 0 radical (unpaired) electrons. The standard InChI is InChI=1S/C11H14N4S2/c1-7-6-8(4-5-9(7)12)16-11-14-13-10(17-11)15(2)3/h4-6H,12H2,1-3H3. The molecular weight excluding hydrogens is 252 g/mol. The number of anilines is 2. The van der Waals surface area contributed by atoms with Gasteiger partial charge in [0.25, 0.3) is 0 Å². The van der Waals surface area contributed by atoms with Crippen LogP contribution in [0, 0.1) is 6.92 Å². The normalized spacial score (nSPS) is 10.5. The Morgan fingerprint density at radius 1 is 1.29 bits per heavy atom. The van der Waals surface area contributed by atoms with Gasteiger partial charge in [-0.1, -0.05) is 23.1 Å². The Balaban J connectivity index is 2.16. The second-order valence-electron chi connectivity index (χ2n) is 3.87. The summed E-state index contributed by atoms with van der Waals surface area (Å²) in [4.78, 5) is 3.09. The SMILES string of the molecule is Cc1cc(Sc2nnc(N(C)C)s2)ccc1N. The lowest BCUT2D eigenvalue weighted by atomic mass is 10.2. The molecule has 0 atom stereocenters. The Morgan fingerprint density at radius 3 is 2.65 bits per heavy atom. The van der Waals surface area contributed by atoms with Crippen molar-refractivity contribution in [3.63, 3.8) is 0 Å². The minimum absolute atomic E-state index is 0.820. The number of benzene rings is 1. The molecular formula is C11H14N4S2. The third kappa shape index (κ3) is 2.89. The van der Waals surface area contributed by atoms with E-state index in [1.807, 2.05) is 38.1 Å². The third-order valence-electron chi connectivity index (χ3n) is 2.22. The molecule has 6 heteroatoms. The maximum Gasteiger partial charge on any atom is 0.208 e. The molecule has 0 amide bonds. The molecule has 0 bridgehead atoms. The number of aromatic nitrogens is 2. The zero-order valence-corrected chi connectivity index (χ0v) is 11.6. The van der Waals surface area contributed by atoms with Crippen LogP contribution in [0.3, 0.4) is 0 Å². The highest BCUT2D eigenvalue weighted by molar-refractivity contribution is 8.01. The van der Waals surface area contributed by atoms with E-state index in [0.29, 0.717) is 0 Å². The second-order valence-corrected chi connectivity index (χ2v) is 6.14. The van der Waals surface area contributed by atoms with Gasteiger partial charge in [0.15, 0.2) is 4.34 Å². The summed E-state index contributed by atoms with van der Waals surface area (Å²) in [7, 11) is 3.92. The molecule has 2 N–H and O–H groups in total. The van der Waals surface area contributed by atoms with Crippen LogP contribution < -0.4 is 10.6 Å². The van der Waals surface area contributed by atoms with Crippen LogP contribution in [0.5, 0.6) is 0 Å². The lowest BCUT2D eigenvalue weighted by Crippen LogP contribution is -2.07. The van der Waals surface area contributed by atoms with Crippen molar-refractivity contribution in [2.24, 2.45) is 0 Å². The lowest BCUT2D eigenvalue weighted by Gasteiger charge is -2.04. The van der Waals surface area contributed by atoms with Crippen molar-refractivity contribution >= 4 is 33.9 Å². The molecule has 1 aromatic heterocycles. The Morgan fingerprint density at radius 2 is 2.06 bits per heavy atom. The van der Waals surface area contributed by atoms with E-state index in [9.17, 15) is 0 Å². The van der Waals surface area contributed by atoms with E-state index in [1.165, 1.54) is 0 Å². The minimum Gasteiger partial charge on any atom is -0.399 e. The quantitative estimate of drug-likeness (QED) is 0.866. The molecule has 0 unspecified atom stereocenters. The fourth-order valence-corrected chi connectivity index (χ4v) is 3.07. The summed E-state index contributed by atoms with van der Waals surface area (Å²) in [6, 6.07) is 5.99. The fraction of sp³-hybridized carbons (Fsp3) is 0.273. The maximum atomic E-state index is 5.78. The Hall–Kier alpha value is -1.27. The summed E-state index contributed by atoms with van der Waals surface area (Å²) in [5.74, 6) is 0. The summed E-state index contributed by atoms with van der Waals surface area (Å²) < 4.78 is 0.942. The first-order chi connectivity index (χ1) is 8.06. The van der Waals surface area contributed by atoms with E-state index >= 15 is 0 Å². The zero-order valence-electron chi connectivity index (χ0n) is 9.97. The molecule has 0 aliphatic carbocycles. The Labute approximate surface area is 109 Å². The highest BCUT2D eigenvalue weighted by Crippen LogP contribution is 2.33. The highest BCUT2D eigenvalue weighted by Gasteiger charge is 2.07. The molecule has 90 valence electrons. The van der Waals surface area contributed by atoms with Gasteiger partial charge in [-0.2, -0.15) is 0 Å². The van der Waals surface area contributed by atoms with Gasteiger partial charge in [0.2, 0.25) is 5.13 Å². The topological polar surface area (TPSA) is 55.0 Å². The number of hydrogen-bond donors (Lipinski definition) is 1. The van der Waals surface area contributed by atoms with Gasteiger partial charge in [0, 0.05) is 24.7 Å². The molecule has 0 fully saturated rings. The Bertz CT molecular complexity index is 522. The van der Waals surface area contributed by atoms with Crippen molar-refractivity contribution in [1.29, 1.82) is 0 Å². The molecule has 0 aliphatic rings. The van der Waals surface area contributed by atoms with Crippen LogP contribution in [0.25, 0.3) is 0 Å². The average molecular weight is 266 g/mol. The van der Waals surface area contributed by atoms with E-state index in [0.717, 1.165) is 25.6 Å². The number of nitrogens with two attached hydrogens (primary N) is 1. The third-order valence-corrected chi connectivity index (χ3v) is 4.36. The molecule has 1 heterocycles. The predicted molar refractivity (Wildman–Crippen MR) is 74.0 cm³/mol. The van der Waals surface area contributed by atoms with Gasteiger partial charge in [-0.3, -0.25) is 0 Å². The maximum absolute atomic E-state index is 5.78. The summed E-state index contributed by atoms with van der Waals surface area (Å²) in [5.41, 5.74) is 7.69. The van der Waals surface area contributed by atoms with Crippen LogP contribution in [0.4, 0.5) is 10.8 Å². The minimum atomic E-state index is 0.820. The van der Waals surface area contributed by atoms with Crippen LogP contribution in [0.15, 0.2) is 27.4 Å². The average Bonchev–Trinajstić information content (AvgIpc) is 2.72. The first-order valence-corrected chi connectivity index (χ1v) is 6.74. The van der Waals surface area contributed by atoms with Crippen molar-refractivity contribution < 1.29 is 0 Å². The highest BCUT2D eigenvalue weighted by atomic mass is 32.2. The molecule has 2 rings (SSSR count). The summed E-state index contributed by atoms with van der Waals surface area (Å²) >= 11 is 3.19. The Kier molecular flexibility index (Phi) is 3.54. The van der Waals surface area contributed by atoms with Crippen LogP contribution in [-0.4, -0.2) is 24.3 Å². The molecule has 1 aromatic carbocycles. The van der Waals surface area contributed by atoms with Crippen LogP contribution in [0.2, 0.25) is 0 Å². The first kappa shape index (κ1) is 12.2. The van der Waals surface area contributed by atoms with Crippen molar-refractivity contribution in [2.75, 3.05) is 24.7 Å². The van der Waals surface area contributed by atoms with E-state index in [-0.39, 0.29) is 0 Å². The first-order valence-electron chi connectivity index (χ1n) is 5.11. The largest absolute Gasteiger partial charge is 0.399 e. The fourth-order valence-electron chi connectivity index (χ4n) is 1.24. The number of aryl methyl sites for hydroxylation is 1. The molecule has 4 nitrogen and oxygen atoms in total. The summed E-state index contributed by atoms with van der Waals surface area (Å²) in [5, 5.41) is 9.16. The number of nitrogens with zero attached hydrogens (tertiary/aromatic N) is 3. The second kappa shape index (κ2) is 4.93. The van der Waals surface area contributed by atoms with E-state index < -0.39 is 0 Å². The number of nitrogen functional groups attached to an aromatic ring is 1. The zero-order chi connectivity index (χ0) is 12.4. The molecule has 17 heavy (non-hydrogen) atoms. The molecule has 2 aromatic rings. The van der Waals surface area contributed by atoms with Crippen LogP contribution in [-0.2, 0) is 0 Å². The smallest absolute Gasteiger partial charge is 0.208 e. The van der Waals surface area contributed by atoms with Gasteiger partial charge in [0.05, 0.1) is 0 Å². The van der Waals surface area contributed by atoms with Crippen LogP contribution in [0.1, 0.15) is 5.56 Å². The summed E-state index contributed by atoms with van der Waals surface area (Å²) in [6.07, 6.45) is 0. The van der Waals surface area contributed by atoms with E-state index in [4.69, 9.17) is 5.73 Å². The van der Waals surface area contributed by atoms with Gasteiger partial charge in [-0.05, 0) is 30.7 Å². The molecule has 0 spiro atoms. The predicted octanol–water partition coefficient (Wildman–Crippen LogP) is 2.65. The van der Waals surface area contributed by atoms with E-state index in [2.05, 4.69) is 16.3 Å². The van der Waals surface area contributed by atoms with Crippen molar-refractivity contribution in [3.05, 3.63) is 23.8 Å². The van der Waals surface area contributed by atoms with E-state index in [1.54, 1.807) is 23.1 Å². The van der Waals surface area contributed by atoms with Gasteiger partial charge >= 0.3 is 0 Å². The van der Waals surface area contributed by atoms with Crippen molar-refractivity contribution in [3.8, 4) is 0 Å². The number of hydrogen-bond acceptors (Lipinski definition) is 6. The molecule has 0 saturated carbocycles. The van der Waals surface area contributed by atoms with Crippen LogP contribution >= 0.6 is 23.1 Å². The van der Waals surface area contributed by atoms with Gasteiger partial charge in [-0.25, -0.2) is 0 Å². The molecule has 0 aliphatic heterocycles. The van der Waals surface area contributed by atoms with Gasteiger partial charge in [0.1, 0.15) is 0 Å². The van der Waals surface area contributed by atoms with Gasteiger partial charge in [-0.15, -0.1) is 10.2 Å². The van der Waals surface area contributed by atoms with Crippen molar-refractivity contribution in [1.82, 2.24) is 10.2 Å².